The Balaban J connectivity index is 1.85. The van der Waals surface area contributed by atoms with E-state index in [-0.39, 0.29) is 17.5 Å². The van der Waals surface area contributed by atoms with Gasteiger partial charge < -0.3 is 14.5 Å². The third-order valence-electron chi connectivity index (χ3n) is 3.68. The van der Waals surface area contributed by atoms with Gasteiger partial charge in [0.1, 0.15) is 11.6 Å². The minimum Gasteiger partial charge on any atom is -0.496 e. The lowest BCUT2D eigenvalue weighted by atomic mass is 10.1. The van der Waals surface area contributed by atoms with Gasteiger partial charge in [-0.3, -0.25) is 4.79 Å². The van der Waals surface area contributed by atoms with Crippen LogP contribution in [0.15, 0.2) is 59.2 Å². The van der Waals surface area contributed by atoms with Crippen molar-refractivity contribution in [3.8, 4) is 16.9 Å². The summed E-state index contributed by atoms with van der Waals surface area (Å²) in [7, 11) is 1.60. The van der Waals surface area contributed by atoms with Crippen LogP contribution < -0.4 is 10.1 Å². The largest absolute Gasteiger partial charge is 0.496 e. The molecule has 0 fully saturated rings. The smallest absolute Gasteiger partial charge is 0.292 e. The van der Waals surface area contributed by atoms with Gasteiger partial charge in [-0.1, -0.05) is 12.1 Å². The van der Waals surface area contributed by atoms with Gasteiger partial charge in [-0.15, -0.1) is 0 Å². The number of ether oxygens (including phenoxy) is 1. The number of amides is 1. The molecule has 5 heteroatoms. The first-order valence-electron chi connectivity index (χ1n) is 7.38. The minimum absolute atomic E-state index is 0.176. The number of furan rings is 1. The SMILES string of the molecule is COc1ccc(NC(=O)c2occc2-c2ccc(F)cc2)cc1C. The Kier molecular flexibility index (Phi) is 4.33. The summed E-state index contributed by atoms with van der Waals surface area (Å²) in [4.78, 5) is 12.5. The summed E-state index contributed by atoms with van der Waals surface area (Å²) in [5.74, 6) is 0.221. The molecule has 0 saturated heterocycles. The van der Waals surface area contributed by atoms with Gasteiger partial charge >= 0.3 is 0 Å². The molecule has 0 bridgehead atoms. The number of carbonyl (C=O) groups excluding carboxylic acids is 1. The van der Waals surface area contributed by atoms with Crippen LogP contribution in [-0.4, -0.2) is 13.0 Å². The number of rotatable bonds is 4. The lowest BCUT2D eigenvalue weighted by Crippen LogP contribution is -2.12. The van der Waals surface area contributed by atoms with Crippen LogP contribution in [0, 0.1) is 12.7 Å². The van der Waals surface area contributed by atoms with E-state index in [0.717, 1.165) is 11.3 Å². The van der Waals surface area contributed by atoms with Gasteiger partial charge in [0.15, 0.2) is 5.76 Å². The highest BCUT2D eigenvalue weighted by molar-refractivity contribution is 6.06. The summed E-state index contributed by atoms with van der Waals surface area (Å²) in [6, 6.07) is 12.9. The molecule has 122 valence electrons. The van der Waals surface area contributed by atoms with E-state index in [1.165, 1.54) is 18.4 Å². The monoisotopic (exact) mass is 325 g/mol. The van der Waals surface area contributed by atoms with Crippen LogP contribution in [0.25, 0.3) is 11.1 Å². The number of benzene rings is 2. The van der Waals surface area contributed by atoms with Gasteiger partial charge in [0.05, 0.1) is 13.4 Å². The lowest BCUT2D eigenvalue weighted by molar-refractivity contribution is 0.0997. The predicted molar refractivity (Wildman–Crippen MR) is 89.8 cm³/mol. The number of halogens is 1. The molecule has 24 heavy (non-hydrogen) atoms. The first kappa shape index (κ1) is 15.8. The number of methoxy groups -OCH3 is 1. The second-order valence-corrected chi connectivity index (χ2v) is 5.31. The van der Waals surface area contributed by atoms with Gasteiger partial charge in [0.2, 0.25) is 0 Å². The zero-order chi connectivity index (χ0) is 17.1. The quantitative estimate of drug-likeness (QED) is 0.759. The molecule has 0 unspecified atom stereocenters. The number of anilines is 1. The fourth-order valence-electron chi connectivity index (χ4n) is 2.49. The zero-order valence-electron chi connectivity index (χ0n) is 13.3. The van der Waals surface area contributed by atoms with Crippen molar-refractivity contribution in [2.45, 2.75) is 6.92 Å². The maximum atomic E-state index is 13.1. The summed E-state index contributed by atoms with van der Waals surface area (Å²) < 4.78 is 23.6. The lowest BCUT2D eigenvalue weighted by Gasteiger charge is -2.09. The fourth-order valence-corrected chi connectivity index (χ4v) is 2.49. The van der Waals surface area contributed by atoms with Crippen LogP contribution in [0.3, 0.4) is 0 Å². The third kappa shape index (κ3) is 3.15. The normalized spacial score (nSPS) is 10.5. The highest BCUT2D eigenvalue weighted by atomic mass is 19.1. The van der Waals surface area contributed by atoms with Crippen molar-refractivity contribution >= 4 is 11.6 Å². The molecular formula is C19H16FNO3. The summed E-state index contributed by atoms with van der Waals surface area (Å²) in [5.41, 5.74) is 2.87. The van der Waals surface area contributed by atoms with E-state index in [1.807, 2.05) is 13.0 Å². The fraction of sp³-hybridized carbons (Fsp3) is 0.105. The first-order valence-corrected chi connectivity index (χ1v) is 7.38. The molecule has 3 rings (SSSR count). The summed E-state index contributed by atoms with van der Waals surface area (Å²) >= 11 is 0. The van der Waals surface area contributed by atoms with Crippen molar-refractivity contribution in [3.63, 3.8) is 0 Å². The number of nitrogens with one attached hydrogen (secondary N) is 1. The Labute approximate surface area is 138 Å². The molecule has 0 radical (unpaired) electrons. The molecule has 4 nitrogen and oxygen atoms in total. The van der Waals surface area contributed by atoms with Gasteiger partial charge in [0.25, 0.3) is 5.91 Å². The van der Waals surface area contributed by atoms with Gasteiger partial charge in [-0.2, -0.15) is 0 Å². The summed E-state index contributed by atoms with van der Waals surface area (Å²) in [5, 5.41) is 2.80. The first-order chi connectivity index (χ1) is 11.6. The van der Waals surface area contributed by atoms with Crippen molar-refractivity contribution in [3.05, 3.63) is 71.9 Å². The molecule has 0 aliphatic rings. The number of aryl methyl sites for hydroxylation is 1. The van der Waals surface area contributed by atoms with Gasteiger partial charge in [-0.25, -0.2) is 4.39 Å². The number of carbonyl (C=O) groups is 1. The van der Waals surface area contributed by atoms with Crippen molar-refractivity contribution in [2.75, 3.05) is 12.4 Å². The van der Waals surface area contributed by atoms with Gasteiger partial charge in [-0.05, 0) is 54.4 Å². The average molecular weight is 325 g/mol. The molecule has 0 aliphatic heterocycles. The van der Waals surface area contributed by atoms with Crippen LogP contribution >= 0.6 is 0 Å². The van der Waals surface area contributed by atoms with E-state index in [0.29, 0.717) is 16.8 Å². The van der Waals surface area contributed by atoms with E-state index >= 15 is 0 Å². The van der Waals surface area contributed by atoms with Crippen LogP contribution in [0.1, 0.15) is 16.1 Å². The van der Waals surface area contributed by atoms with Crippen molar-refractivity contribution in [2.24, 2.45) is 0 Å². The van der Waals surface area contributed by atoms with Crippen molar-refractivity contribution in [1.82, 2.24) is 0 Å². The Bertz CT molecular complexity index is 869. The second kappa shape index (κ2) is 6.58. The number of hydrogen-bond donors (Lipinski definition) is 1. The molecule has 0 spiro atoms. The van der Waals surface area contributed by atoms with E-state index in [2.05, 4.69) is 5.32 Å². The maximum Gasteiger partial charge on any atom is 0.292 e. The Morgan fingerprint density at radius 2 is 1.88 bits per heavy atom. The topological polar surface area (TPSA) is 51.5 Å². The Morgan fingerprint density at radius 1 is 1.12 bits per heavy atom. The van der Waals surface area contributed by atoms with Crippen LogP contribution in [0.5, 0.6) is 5.75 Å². The van der Waals surface area contributed by atoms with Gasteiger partial charge in [0, 0.05) is 11.3 Å². The second-order valence-electron chi connectivity index (χ2n) is 5.31. The van der Waals surface area contributed by atoms with Crippen molar-refractivity contribution < 1.29 is 18.3 Å². The summed E-state index contributed by atoms with van der Waals surface area (Å²) in [6.45, 7) is 1.89. The zero-order valence-corrected chi connectivity index (χ0v) is 13.3. The minimum atomic E-state index is -0.371. The molecule has 1 N–H and O–H groups in total. The van der Waals surface area contributed by atoms with E-state index in [9.17, 15) is 9.18 Å². The molecule has 2 aromatic carbocycles. The van der Waals surface area contributed by atoms with Crippen LogP contribution in [-0.2, 0) is 0 Å². The van der Waals surface area contributed by atoms with Crippen LogP contribution in [0.2, 0.25) is 0 Å². The predicted octanol–water partition coefficient (Wildman–Crippen LogP) is 4.66. The van der Waals surface area contributed by atoms with Crippen LogP contribution in [0.4, 0.5) is 10.1 Å². The molecule has 0 saturated carbocycles. The number of hydrogen-bond acceptors (Lipinski definition) is 3. The molecular weight excluding hydrogens is 309 g/mol. The standard InChI is InChI=1S/C19H16FNO3/c1-12-11-15(7-8-17(12)23-2)21-19(22)18-16(9-10-24-18)13-3-5-14(20)6-4-13/h3-11H,1-2H3,(H,21,22). The highest BCUT2D eigenvalue weighted by Crippen LogP contribution is 2.27. The molecule has 3 aromatic rings. The van der Waals surface area contributed by atoms with Crippen molar-refractivity contribution in [1.29, 1.82) is 0 Å². The molecule has 1 heterocycles. The maximum absolute atomic E-state index is 13.1. The summed E-state index contributed by atoms with van der Waals surface area (Å²) in [6.07, 6.45) is 1.44. The third-order valence-corrected chi connectivity index (χ3v) is 3.68. The van der Waals surface area contributed by atoms with E-state index in [1.54, 1.807) is 37.4 Å². The van der Waals surface area contributed by atoms with E-state index in [4.69, 9.17) is 9.15 Å². The highest BCUT2D eigenvalue weighted by Gasteiger charge is 2.17. The molecule has 1 aromatic heterocycles. The Morgan fingerprint density at radius 3 is 2.54 bits per heavy atom. The van der Waals surface area contributed by atoms with E-state index < -0.39 is 0 Å². The molecule has 1 amide bonds. The molecule has 0 aliphatic carbocycles. The Hall–Kier alpha value is -3.08. The average Bonchev–Trinajstić information content (AvgIpc) is 3.05. The molecule has 0 atom stereocenters.